The highest BCUT2D eigenvalue weighted by Gasteiger charge is 2.20. The van der Waals surface area contributed by atoms with Gasteiger partial charge in [-0.1, -0.05) is 81.4 Å². The van der Waals surface area contributed by atoms with Gasteiger partial charge in [0.2, 0.25) is 0 Å². The molecular weight excluding hydrogens is 701 g/mol. The lowest BCUT2D eigenvalue weighted by molar-refractivity contribution is -0.139. The second-order valence-corrected chi connectivity index (χ2v) is 14.9. The van der Waals surface area contributed by atoms with Crippen molar-refractivity contribution in [1.29, 1.82) is 0 Å². The van der Waals surface area contributed by atoms with Gasteiger partial charge in [0, 0.05) is 34.6 Å². The highest BCUT2D eigenvalue weighted by Crippen LogP contribution is 2.38. The molecule has 1 aromatic heterocycles. The Morgan fingerprint density at radius 3 is 2.05 bits per heavy atom. The Labute approximate surface area is 322 Å². The van der Waals surface area contributed by atoms with E-state index < -0.39 is 36.7 Å². The number of aliphatic carboxylic acids is 1. The molecule has 3 atom stereocenters. The van der Waals surface area contributed by atoms with Crippen molar-refractivity contribution >= 4 is 28.9 Å². The monoisotopic (exact) mass is 753 g/mol. The molecule has 0 fully saturated rings. The number of benzene rings is 4. The first kappa shape index (κ1) is 42.5. The molecule has 1 unspecified atom stereocenters. The number of aliphatic hydroxyl groups excluding tert-OH is 3. The van der Waals surface area contributed by atoms with Crippen molar-refractivity contribution in [1.82, 2.24) is 4.57 Å². The quantitative estimate of drug-likeness (QED) is 0.0713. The number of aliphatic hydroxyl groups is 3. The topological polar surface area (TPSA) is 149 Å². The predicted molar refractivity (Wildman–Crippen MR) is 214 cm³/mol. The number of aromatic nitrogens is 1. The van der Waals surface area contributed by atoms with E-state index in [4.69, 9.17) is 14.9 Å². The molecule has 0 saturated heterocycles. The molecule has 5 N–H and O–H groups in total. The van der Waals surface area contributed by atoms with Crippen LogP contribution in [0.5, 0.6) is 5.75 Å². The maximum atomic E-state index is 13.5. The zero-order valence-corrected chi connectivity index (χ0v) is 32.0. The number of hydrogen-bond donors (Lipinski definition) is 5. The van der Waals surface area contributed by atoms with Gasteiger partial charge in [-0.15, -0.1) is 0 Å². The normalized spacial score (nSPS) is 13.3. The molecule has 0 aliphatic heterocycles. The number of fused-ring (bicyclic) bond motifs is 1. The number of halogens is 1. The first-order valence-electron chi connectivity index (χ1n) is 18.4. The summed E-state index contributed by atoms with van der Waals surface area (Å²) in [5, 5.41) is 48.8. The summed E-state index contributed by atoms with van der Waals surface area (Å²) < 4.78 is 21.2. The summed E-state index contributed by atoms with van der Waals surface area (Å²) in [4.78, 5) is 21.5. The number of carboxylic acids is 2. The van der Waals surface area contributed by atoms with Crippen LogP contribution < -0.4 is 4.74 Å². The number of nitrogens with zero attached hydrogens (tertiary/aromatic N) is 1. The van der Waals surface area contributed by atoms with E-state index in [2.05, 4.69) is 63.5 Å². The number of carbonyl (C=O) groups is 2. The first-order chi connectivity index (χ1) is 26.0. The largest absolute Gasteiger partial charge is 0.491 e. The third-order valence-electron chi connectivity index (χ3n) is 9.13. The second kappa shape index (κ2) is 19.3. The van der Waals surface area contributed by atoms with E-state index in [9.17, 15) is 29.3 Å². The summed E-state index contributed by atoms with van der Waals surface area (Å²) >= 11 is 0. The summed E-state index contributed by atoms with van der Waals surface area (Å²) in [5.74, 6) is -1.84. The first-order valence-corrected chi connectivity index (χ1v) is 18.4. The number of ether oxygens (including phenoxy) is 1. The minimum absolute atomic E-state index is 0.0728. The lowest BCUT2D eigenvalue weighted by atomic mass is 9.86. The lowest BCUT2D eigenvalue weighted by Crippen LogP contribution is -2.19. The maximum absolute atomic E-state index is 13.5. The Hall–Kier alpha value is -5.29. The predicted octanol–water partition coefficient (Wildman–Crippen LogP) is 8.68. The fourth-order valence-electron chi connectivity index (χ4n) is 6.24. The maximum Gasteiger partial charge on any atom is 0.335 e. The van der Waals surface area contributed by atoms with E-state index in [-0.39, 0.29) is 35.9 Å². The van der Waals surface area contributed by atoms with Crippen molar-refractivity contribution in [3.63, 3.8) is 0 Å². The van der Waals surface area contributed by atoms with Crippen molar-refractivity contribution in [2.24, 2.45) is 0 Å². The van der Waals surface area contributed by atoms with Gasteiger partial charge in [-0.3, -0.25) is 4.79 Å². The number of para-hydroxylation sites is 1. The number of aromatic carboxylic acids is 1. The fourth-order valence-corrected chi connectivity index (χ4v) is 6.24. The van der Waals surface area contributed by atoms with Crippen molar-refractivity contribution in [2.45, 2.75) is 90.1 Å². The molecule has 5 rings (SSSR count). The molecule has 0 aliphatic rings. The van der Waals surface area contributed by atoms with Crippen LogP contribution in [-0.2, 0) is 16.6 Å². The lowest BCUT2D eigenvalue weighted by Gasteiger charge is -2.19. The molecule has 0 aliphatic carbocycles. The number of aryl methyl sites for hydroxylation is 1. The number of carboxylic acid groups (broad SMARTS) is 2. The van der Waals surface area contributed by atoms with Gasteiger partial charge in [0.15, 0.2) is 0 Å². The molecule has 55 heavy (non-hydrogen) atoms. The van der Waals surface area contributed by atoms with E-state index in [0.717, 1.165) is 34.1 Å². The van der Waals surface area contributed by atoms with Crippen molar-refractivity contribution in [2.75, 3.05) is 6.61 Å². The molecule has 0 saturated carbocycles. The third-order valence-corrected chi connectivity index (χ3v) is 9.13. The van der Waals surface area contributed by atoms with Crippen LogP contribution in [0.3, 0.4) is 0 Å². The minimum Gasteiger partial charge on any atom is -0.491 e. The van der Waals surface area contributed by atoms with Gasteiger partial charge in [-0.25, -0.2) is 9.18 Å². The Morgan fingerprint density at radius 1 is 0.836 bits per heavy atom. The van der Waals surface area contributed by atoms with Crippen LogP contribution in [0, 0.1) is 5.82 Å². The Balaban J connectivity index is 0.000000249. The van der Waals surface area contributed by atoms with E-state index in [1.165, 1.54) is 35.4 Å². The van der Waals surface area contributed by atoms with E-state index in [1.54, 1.807) is 36.4 Å². The molecule has 0 spiro atoms. The summed E-state index contributed by atoms with van der Waals surface area (Å²) in [5.41, 5.74) is 6.49. The van der Waals surface area contributed by atoms with Gasteiger partial charge in [0.05, 0.1) is 30.3 Å². The molecule has 1 heterocycles. The van der Waals surface area contributed by atoms with Gasteiger partial charge in [0.25, 0.3) is 0 Å². The molecule has 4 aromatic carbocycles. The number of rotatable bonds is 15. The molecule has 0 radical (unpaired) electrons. The average molecular weight is 754 g/mol. The van der Waals surface area contributed by atoms with Crippen molar-refractivity contribution in [3.05, 3.63) is 131 Å². The molecule has 292 valence electrons. The zero-order chi connectivity index (χ0) is 40.3. The average Bonchev–Trinajstić information content (AvgIpc) is 3.47. The minimum atomic E-state index is -1.13. The zero-order valence-electron chi connectivity index (χ0n) is 32.0. The van der Waals surface area contributed by atoms with Crippen LogP contribution in [0.4, 0.5) is 4.39 Å². The highest BCUT2D eigenvalue weighted by molar-refractivity contribution is 6.01. The van der Waals surface area contributed by atoms with Gasteiger partial charge >= 0.3 is 11.9 Å². The van der Waals surface area contributed by atoms with Crippen LogP contribution in [0.1, 0.15) is 87.1 Å². The third kappa shape index (κ3) is 12.4. The Morgan fingerprint density at radius 2 is 1.47 bits per heavy atom. The SMILES string of the molecule is CC(C)(C)c1ccc(CCC(O)COc2ccc(C(=O)O)cc2)cc1.CC(C)n1c(/C=C/[C@@H](O)C[C@@H](O)CC(=O)O)c(-c2ccc(F)cc2)c2ccccc21. The highest BCUT2D eigenvalue weighted by atomic mass is 19.1. The van der Waals surface area contributed by atoms with E-state index >= 15 is 0 Å². The van der Waals surface area contributed by atoms with E-state index in [0.29, 0.717) is 12.2 Å². The summed E-state index contributed by atoms with van der Waals surface area (Å²) in [6, 6.07) is 29.0. The smallest absolute Gasteiger partial charge is 0.335 e. The van der Waals surface area contributed by atoms with Gasteiger partial charge < -0.3 is 34.8 Å². The van der Waals surface area contributed by atoms with Gasteiger partial charge in [-0.05, 0) is 97.3 Å². The fraction of sp³-hybridized carbons (Fsp3) is 0.333. The molecule has 0 bridgehead atoms. The Bertz CT molecular complexity index is 2030. The van der Waals surface area contributed by atoms with Crippen molar-refractivity contribution in [3.8, 4) is 16.9 Å². The van der Waals surface area contributed by atoms with Crippen LogP contribution in [0.15, 0.2) is 103 Å². The van der Waals surface area contributed by atoms with Crippen LogP contribution in [0.2, 0.25) is 0 Å². The number of hydrogen-bond acceptors (Lipinski definition) is 6. The van der Waals surface area contributed by atoms with Gasteiger partial charge in [-0.2, -0.15) is 0 Å². The summed E-state index contributed by atoms with van der Waals surface area (Å²) in [7, 11) is 0. The van der Waals surface area contributed by atoms with E-state index in [1.807, 2.05) is 24.3 Å². The standard InChI is InChI=1S/C24H26FNO4.C21H26O4/c1-15(2)26-21-6-4-3-5-20(21)24(16-7-9-17(25)10-8-16)22(26)12-11-18(27)13-19(28)14-23(29)30;1-21(2,3)17-9-4-15(5-10-17)6-11-18(22)14-25-19-12-7-16(8-13-19)20(23)24/h3-12,15,18-19,27-28H,13-14H2,1-2H3,(H,29,30);4-5,7-10,12-13,18,22H,6,11,14H2,1-3H3,(H,23,24)/b12-11+;/t18-,19-;/m1./s1. The Kier molecular flexibility index (Phi) is 14.9. The molecule has 9 nitrogen and oxygen atoms in total. The molecule has 5 aromatic rings. The summed E-state index contributed by atoms with van der Waals surface area (Å²) in [6.07, 6.45) is 1.56. The summed E-state index contributed by atoms with van der Waals surface area (Å²) in [6.45, 7) is 10.9. The van der Waals surface area contributed by atoms with Crippen molar-refractivity contribution < 1.29 is 44.2 Å². The molecule has 10 heteroatoms. The van der Waals surface area contributed by atoms with Crippen LogP contribution in [-0.4, -0.2) is 67.0 Å². The van der Waals surface area contributed by atoms with Crippen LogP contribution in [0.25, 0.3) is 28.1 Å². The molecular formula is C45H52FNO8. The molecule has 0 amide bonds. The van der Waals surface area contributed by atoms with Gasteiger partial charge in [0.1, 0.15) is 18.2 Å². The van der Waals surface area contributed by atoms with Crippen LogP contribution >= 0.6 is 0 Å². The second-order valence-electron chi connectivity index (χ2n) is 14.9.